The molecule has 0 aromatic rings. The third kappa shape index (κ3) is 1.60. The summed E-state index contributed by atoms with van der Waals surface area (Å²) < 4.78 is 0. The molecule has 2 fully saturated rings. The van der Waals surface area contributed by atoms with Crippen molar-refractivity contribution in [2.24, 2.45) is 5.41 Å². The van der Waals surface area contributed by atoms with Crippen LogP contribution in [0.15, 0.2) is 0 Å². The van der Waals surface area contributed by atoms with E-state index in [1.54, 1.807) is 0 Å². The van der Waals surface area contributed by atoms with Gasteiger partial charge in [-0.15, -0.1) is 12.3 Å². The molecule has 1 nitrogen and oxygen atoms in total. The van der Waals surface area contributed by atoms with Crippen LogP contribution in [0.4, 0.5) is 0 Å². The second-order valence-corrected chi connectivity index (χ2v) is 4.57. The molecule has 0 aromatic carbocycles. The molecular formula is C12H19N. The molecule has 1 N–H and O–H groups in total. The topological polar surface area (TPSA) is 12.0 Å². The molecule has 1 heteroatoms. The van der Waals surface area contributed by atoms with Crippen LogP contribution in [0.25, 0.3) is 0 Å². The first-order valence-electron chi connectivity index (χ1n) is 5.54. The molecule has 0 amide bonds. The van der Waals surface area contributed by atoms with Gasteiger partial charge < -0.3 is 5.32 Å². The van der Waals surface area contributed by atoms with E-state index in [1.165, 1.54) is 38.5 Å². The summed E-state index contributed by atoms with van der Waals surface area (Å²) in [6.45, 7) is 1.02. The lowest BCUT2D eigenvalue weighted by atomic mass is 9.65. The van der Waals surface area contributed by atoms with Crippen molar-refractivity contribution in [1.82, 2.24) is 5.32 Å². The number of terminal acetylenes is 1. The monoisotopic (exact) mass is 177 g/mol. The van der Waals surface area contributed by atoms with Crippen molar-refractivity contribution in [3.05, 3.63) is 0 Å². The molecule has 1 spiro atoms. The second kappa shape index (κ2) is 3.72. The van der Waals surface area contributed by atoms with Crippen LogP contribution in [-0.2, 0) is 0 Å². The van der Waals surface area contributed by atoms with E-state index in [9.17, 15) is 0 Å². The van der Waals surface area contributed by atoms with Crippen LogP contribution in [0.5, 0.6) is 0 Å². The van der Waals surface area contributed by atoms with Gasteiger partial charge in [0.2, 0.25) is 0 Å². The third-order valence-electron chi connectivity index (χ3n) is 3.92. The lowest BCUT2D eigenvalue weighted by molar-refractivity contribution is 0.102. The molecule has 13 heavy (non-hydrogen) atoms. The maximum Gasteiger partial charge on any atom is 0.0212 e. The zero-order chi connectivity index (χ0) is 9.15. The Labute approximate surface area is 81.3 Å². The fourth-order valence-corrected chi connectivity index (χ4v) is 3.01. The van der Waals surface area contributed by atoms with Gasteiger partial charge in [0.1, 0.15) is 0 Å². The third-order valence-corrected chi connectivity index (χ3v) is 3.92. The van der Waals surface area contributed by atoms with Gasteiger partial charge in [-0.25, -0.2) is 0 Å². The molecule has 0 heterocycles. The molecule has 0 bridgehead atoms. The Morgan fingerprint density at radius 1 is 1.31 bits per heavy atom. The van der Waals surface area contributed by atoms with Gasteiger partial charge in [0.15, 0.2) is 0 Å². The average molecular weight is 177 g/mol. The fraction of sp³-hybridized carbons (Fsp3) is 0.833. The first-order chi connectivity index (χ1) is 6.37. The largest absolute Gasteiger partial charge is 0.312 e. The van der Waals surface area contributed by atoms with E-state index in [1.807, 2.05) is 0 Å². The highest BCUT2D eigenvalue weighted by Crippen LogP contribution is 2.53. The Morgan fingerprint density at radius 3 is 2.69 bits per heavy atom. The summed E-state index contributed by atoms with van der Waals surface area (Å²) in [7, 11) is 0. The Bertz CT molecular complexity index is 210. The second-order valence-electron chi connectivity index (χ2n) is 4.57. The van der Waals surface area contributed by atoms with E-state index in [0.717, 1.165) is 19.0 Å². The molecule has 2 saturated carbocycles. The molecule has 0 aromatic heterocycles. The van der Waals surface area contributed by atoms with Gasteiger partial charge >= 0.3 is 0 Å². The van der Waals surface area contributed by atoms with Crippen LogP contribution < -0.4 is 5.32 Å². The SMILES string of the molecule is C#CCCNC1CCCC12CCC2. The Balaban J connectivity index is 1.81. The molecule has 1 unspecified atom stereocenters. The van der Waals surface area contributed by atoms with E-state index in [4.69, 9.17) is 6.42 Å². The highest BCUT2D eigenvalue weighted by molar-refractivity contribution is 5.01. The lowest BCUT2D eigenvalue weighted by Crippen LogP contribution is -2.45. The van der Waals surface area contributed by atoms with Gasteiger partial charge in [0.25, 0.3) is 0 Å². The highest BCUT2D eigenvalue weighted by Gasteiger charge is 2.46. The van der Waals surface area contributed by atoms with Gasteiger partial charge in [-0.3, -0.25) is 0 Å². The number of rotatable bonds is 3. The van der Waals surface area contributed by atoms with Gasteiger partial charge in [-0.05, 0) is 31.1 Å². The van der Waals surface area contributed by atoms with Crippen molar-refractivity contribution in [3.63, 3.8) is 0 Å². The predicted octanol–water partition coefficient (Wildman–Crippen LogP) is 2.32. The molecule has 0 saturated heterocycles. The minimum absolute atomic E-state index is 0.703. The molecule has 0 radical (unpaired) electrons. The molecular weight excluding hydrogens is 158 g/mol. The average Bonchev–Trinajstić information content (AvgIpc) is 2.48. The van der Waals surface area contributed by atoms with Crippen molar-refractivity contribution in [2.75, 3.05) is 6.54 Å². The first-order valence-corrected chi connectivity index (χ1v) is 5.54. The van der Waals surface area contributed by atoms with Crippen molar-refractivity contribution in [2.45, 2.75) is 51.0 Å². The standard InChI is InChI=1S/C12H19N/c1-2-3-10-13-11-6-4-7-12(11)8-5-9-12/h1,11,13H,3-10H2. The van der Waals surface area contributed by atoms with Crippen LogP contribution in [-0.4, -0.2) is 12.6 Å². The van der Waals surface area contributed by atoms with Crippen molar-refractivity contribution in [3.8, 4) is 12.3 Å². The quantitative estimate of drug-likeness (QED) is 0.515. The number of nitrogens with one attached hydrogen (secondary N) is 1. The molecule has 2 rings (SSSR count). The number of hydrogen-bond acceptors (Lipinski definition) is 1. The van der Waals surface area contributed by atoms with Crippen LogP contribution in [0, 0.1) is 17.8 Å². The smallest absolute Gasteiger partial charge is 0.0212 e. The summed E-state index contributed by atoms with van der Waals surface area (Å²) in [6, 6.07) is 0.787. The zero-order valence-corrected chi connectivity index (χ0v) is 8.31. The summed E-state index contributed by atoms with van der Waals surface area (Å²) >= 11 is 0. The Hall–Kier alpha value is -0.480. The Morgan fingerprint density at radius 2 is 2.08 bits per heavy atom. The van der Waals surface area contributed by atoms with E-state index in [0.29, 0.717) is 5.41 Å². The van der Waals surface area contributed by atoms with E-state index >= 15 is 0 Å². The molecule has 0 aliphatic heterocycles. The molecule has 2 aliphatic rings. The van der Waals surface area contributed by atoms with Gasteiger partial charge in [0.05, 0.1) is 0 Å². The summed E-state index contributed by atoms with van der Waals surface area (Å²) in [5, 5.41) is 3.63. The van der Waals surface area contributed by atoms with E-state index in [-0.39, 0.29) is 0 Å². The summed E-state index contributed by atoms with van der Waals surface area (Å²) in [5.74, 6) is 2.69. The van der Waals surface area contributed by atoms with E-state index < -0.39 is 0 Å². The predicted molar refractivity (Wildman–Crippen MR) is 55.4 cm³/mol. The van der Waals surface area contributed by atoms with Crippen molar-refractivity contribution < 1.29 is 0 Å². The first kappa shape index (κ1) is 9.09. The minimum Gasteiger partial charge on any atom is -0.312 e. The highest BCUT2D eigenvalue weighted by atomic mass is 14.9. The molecule has 72 valence electrons. The maximum atomic E-state index is 5.24. The summed E-state index contributed by atoms with van der Waals surface area (Å²) in [5.41, 5.74) is 0.703. The Kier molecular flexibility index (Phi) is 2.60. The van der Waals surface area contributed by atoms with Crippen LogP contribution in [0.3, 0.4) is 0 Å². The normalized spacial score (nSPS) is 29.9. The van der Waals surface area contributed by atoms with Crippen molar-refractivity contribution >= 4 is 0 Å². The maximum absolute atomic E-state index is 5.24. The molecule has 1 atom stereocenters. The summed E-state index contributed by atoms with van der Waals surface area (Å²) in [4.78, 5) is 0. The summed E-state index contributed by atoms with van der Waals surface area (Å²) in [6.07, 6.45) is 14.8. The zero-order valence-electron chi connectivity index (χ0n) is 8.31. The minimum atomic E-state index is 0.703. The van der Waals surface area contributed by atoms with E-state index in [2.05, 4.69) is 11.2 Å². The van der Waals surface area contributed by atoms with Gasteiger partial charge in [-0.2, -0.15) is 0 Å². The van der Waals surface area contributed by atoms with Crippen molar-refractivity contribution in [1.29, 1.82) is 0 Å². The number of hydrogen-bond donors (Lipinski definition) is 1. The van der Waals surface area contributed by atoms with Crippen LogP contribution in [0.2, 0.25) is 0 Å². The van der Waals surface area contributed by atoms with Gasteiger partial charge in [-0.1, -0.05) is 12.8 Å². The van der Waals surface area contributed by atoms with Crippen LogP contribution in [0.1, 0.15) is 44.9 Å². The molecule has 2 aliphatic carbocycles. The lowest BCUT2D eigenvalue weighted by Gasteiger charge is -2.44. The fourth-order valence-electron chi connectivity index (χ4n) is 3.01. The van der Waals surface area contributed by atoms with Gasteiger partial charge in [0, 0.05) is 19.0 Å². The van der Waals surface area contributed by atoms with Crippen LogP contribution >= 0.6 is 0 Å².